The monoisotopic (exact) mass is 175 g/mol. The quantitative estimate of drug-likeness (QED) is 0.715. The fourth-order valence-corrected chi connectivity index (χ4v) is 1.47. The topological polar surface area (TPSA) is 43.8 Å². The van der Waals surface area contributed by atoms with Gasteiger partial charge in [0.05, 0.1) is 11.7 Å². The van der Waals surface area contributed by atoms with Crippen LogP contribution in [0.4, 0.5) is 0 Å². The lowest BCUT2D eigenvalue weighted by atomic mass is 10.1. The summed E-state index contributed by atoms with van der Waals surface area (Å²) in [6.07, 6.45) is 1.86. The Morgan fingerprint density at radius 2 is 2.23 bits per heavy atom. The third kappa shape index (κ3) is 1.31. The van der Waals surface area contributed by atoms with Crippen LogP contribution >= 0.6 is 0 Å². The lowest BCUT2D eigenvalue weighted by molar-refractivity contribution is 0.795. The van der Waals surface area contributed by atoms with Gasteiger partial charge in [-0.3, -0.25) is 4.68 Å². The molecule has 2 aromatic rings. The van der Waals surface area contributed by atoms with Gasteiger partial charge in [-0.2, -0.15) is 5.10 Å². The number of hydrogen-bond acceptors (Lipinski definition) is 2. The zero-order valence-electron chi connectivity index (χ0n) is 7.86. The molecule has 3 nitrogen and oxygen atoms in total. The van der Waals surface area contributed by atoms with Gasteiger partial charge in [0.25, 0.3) is 0 Å². The first-order valence-corrected chi connectivity index (χ1v) is 4.36. The lowest BCUT2D eigenvalue weighted by Crippen LogP contribution is -2.04. The molecule has 0 aliphatic rings. The third-order valence-electron chi connectivity index (χ3n) is 2.30. The number of fused-ring (bicyclic) bond motifs is 1. The number of aromatic nitrogens is 2. The minimum atomic E-state index is 0.0876. The average Bonchev–Trinajstić information content (AvgIpc) is 2.47. The van der Waals surface area contributed by atoms with Crippen LogP contribution in [0.15, 0.2) is 24.4 Å². The highest BCUT2D eigenvalue weighted by atomic mass is 15.2. The average molecular weight is 175 g/mol. The van der Waals surface area contributed by atoms with E-state index in [9.17, 15) is 0 Å². The molecule has 0 radical (unpaired) electrons. The van der Waals surface area contributed by atoms with E-state index in [0.29, 0.717) is 0 Å². The molecule has 0 aliphatic heterocycles. The summed E-state index contributed by atoms with van der Waals surface area (Å²) in [7, 11) is 1.94. The van der Waals surface area contributed by atoms with E-state index in [2.05, 4.69) is 23.3 Å². The molecular formula is C10H13N3. The van der Waals surface area contributed by atoms with Crippen molar-refractivity contribution in [3.63, 3.8) is 0 Å². The Bertz CT molecular complexity index is 429. The Labute approximate surface area is 77.2 Å². The molecular weight excluding hydrogens is 162 g/mol. The second-order valence-electron chi connectivity index (χ2n) is 3.38. The van der Waals surface area contributed by atoms with Crippen molar-refractivity contribution in [1.82, 2.24) is 9.78 Å². The van der Waals surface area contributed by atoms with Crippen LogP contribution in [0.3, 0.4) is 0 Å². The van der Waals surface area contributed by atoms with Crippen LogP contribution in [0.25, 0.3) is 10.9 Å². The smallest absolute Gasteiger partial charge is 0.0679 e. The zero-order chi connectivity index (χ0) is 9.42. The highest BCUT2D eigenvalue weighted by Gasteiger charge is 2.02. The van der Waals surface area contributed by atoms with Crippen LogP contribution < -0.4 is 5.73 Å². The maximum absolute atomic E-state index is 5.78. The molecule has 0 unspecified atom stereocenters. The number of aryl methyl sites for hydroxylation is 1. The molecule has 0 bridgehead atoms. The Morgan fingerprint density at radius 3 is 2.92 bits per heavy atom. The molecule has 0 saturated heterocycles. The van der Waals surface area contributed by atoms with Crippen LogP contribution in [-0.2, 0) is 7.05 Å². The maximum atomic E-state index is 5.78. The predicted octanol–water partition coefficient (Wildman–Crippen LogP) is 1.59. The van der Waals surface area contributed by atoms with Crippen LogP contribution in [0.1, 0.15) is 18.5 Å². The summed E-state index contributed by atoms with van der Waals surface area (Å²) >= 11 is 0. The van der Waals surface area contributed by atoms with E-state index in [4.69, 9.17) is 5.73 Å². The summed E-state index contributed by atoms with van der Waals surface area (Å²) < 4.78 is 1.86. The number of benzene rings is 1. The Balaban J connectivity index is 2.63. The SMILES string of the molecule is C[C@@H](N)c1ccc2c(cnn2C)c1. The lowest BCUT2D eigenvalue weighted by Gasteiger charge is -2.04. The molecule has 0 aliphatic carbocycles. The summed E-state index contributed by atoms with van der Waals surface area (Å²) in [5.41, 5.74) is 8.08. The van der Waals surface area contributed by atoms with Crippen molar-refractivity contribution < 1.29 is 0 Å². The highest BCUT2D eigenvalue weighted by Crippen LogP contribution is 2.18. The van der Waals surface area contributed by atoms with Gasteiger partial charge >= 0.3 is 0 Å². The van der Waals surface area contributed by atoms with Crippen LogP contribution in [-0.4, -0.2) is 9.78 Å². The molecule has 68 valence electrons. The van der Waals surface area contributed by atoms with Crippen LogP contribution in [0.2, 0.25) is 0 Å². The standard InChI is InChI=1S/C10H13N3/c1-7(11)8-3-4-10-9(5-8)6-12-13(10)2/h3-7H,11H2,1-2H3/t7-/m1/s1. The van der Waals surface area contributed by atoms with Crippen molar-refractivity contribution in [3.05, 3.63) is 30.0 Å². The normalized spacial score (nSPS) is 13.5. The summed E-state index contributed by atoms with van der Waals surface area (Å²) in [6.45, 7) is 1.98. The first kappa shape index (κ1) is 8.26. The van der Waals surface area contributed by atoms with Gasteiger partial charge in [-0.25, -0.2) is 0 Å². The first-order chi connectivity index (χ1) is 6.18. The molecule has 1 heterocycles. The summed E-state index contributed by atoms with van der Waals surface area (Å²) in [5, 5.41) is 5.32. The van der Waals surface area contributed by atoms with Gasteiger partial charge in [0.2, 0.25) is 0 Å². The minimum absolute atomic E-state index is 0.0876. The first-order valence-electron chi connectivity index (χ1n) is 4.36. The molecule has 2 rings (SSSR count). The predicted molar refractivity (Wildman–Crippen MR) is 53.3 cm³/mol. The highest BCUT2D eigenvalue weighted by molar-refractivity contribution is 5.79. The maximum Gasteiger partial charge on any atom is 0.0679 e. The number of nitrogens with two attached hydrogens (primary N) is 1. The van der Waals surface area contributed by atoms with Crippen molar-refractivity contribution in [2.24, 2.45) is 12.8 Å². The zero-order valence-corrected chi connectivity index (χ0v) is 7.86. The molecule has 0 spiro atoms. The van der Waals surface area contributed by atoms with Gasteiger partial charge in [-0.15, -0.1) is 0 Å². The van der Waals surface area contributed by atoms with Gasteiger partial charge < -0.3 is 5.73 Å². The van der Waals surface area contributed by atoms with Gasteiger partial charge in [-0.05, 0) is 24.6 Å². The van der Waals surface area contributed by atoms with E-state index >= 15 is 0 Å². The molecule has 0 saturated carbocycles. The molecule has 13 heavy (non-hydrogen) atoms. The molecule has 2 N–H and O–H groups in total. The Hall–Kier alpha value is -1.35. The molecule has 0 amide bonds. The van der Waals surface area contributed by atoms with E-state index in [-0.39, 0.29) is 6.04 Å². The van der Waals surface area contributed by atoms with E-state index in [1.54, 1.807) is 0 Å². The fourth-order valence-electron chi connectivity index (χ4n) is 1.47. The number of rotatable bonds is 1. The third-order valence-corrected chi connectivity index (χ3v) is 2.30. The van der Waals surface area contributed by atoms with Gasteiger partial charge in [0.15, 0.2) is 0 Å². The fraction of sp³-hybridized carbons (Fsp3) is 0.300. The second kappa shape index (κ2) is 2.85. The van der Waals surface area contributed by atoms with Crippen molar-refractivity contribution in [2.75, 3.05) is 0 Å². The molecule has 1 atom stereocenters. The van der Waals surface area contributed by atoms with Crippen molar-refractivity contribution >= 4 is 10.9 Å². The number of hydrogen-bond donors (Lipinski definition) is 1. The van der Waals surface area contributed by atoms with Gasteiger partial charge in [0.1, 0.15) is 0 Å². The second-order valence-corrected chi connectivity index (χ2v) is 3.38. The van der Waals surface area contributed by atoms with Gasteiger partial charge in [0, 0.05) is 18.5 Å². The Kier molecular flexibility index (Phi) is 1.81. The summed E-state index contributed by atoms with van der Waals surface area (Å²) in [6, 6.07) is 6.28. The van der Waals surface area contributed by atoms with Crippen molar-refractivity contribution in [1.29, 1.82) is 0 Å². The molecule has 3 heteroatoms. The summed E-state index contributed by atoms with van der Waals surface area (Å²) in [4.78, 5) is 0. The Morgan fingerprint density at radius 1 is 1.46 bits per heavy atom. The molecule has 1 aromatic carbocycles. The van der Waals surface area contributed by atoms with Crippen LogP contribution in [0.5, 0.6) is 0 Å². The molecule has 0 fully saturated rings. The van der Waals surface area contributed by atoms with E-state index in [1.807, 2.05) is 24.9 Å². The summed E-state index contributed by atoms with van der Waals surface area (Å²) in [5.74, 6) is 0. The van der Waals surface area contributed by atoms with E-state index in [1.165, 1.54) is 0 Å². The minimum Gasteiger partial charge on any atom is -0.324 e. The van der Waals surface area contributed by atoms with Gasteiger partial charge in [-0.1, -0.05) is 6.07 Å². The van der Waals surface area contributed by atoms with E-state index < -0.39 is 0 Å². The van der Waals surface area contributed by atoms with Crippen LogP contribution in [0, 0.1) is 0 Å². The van der Waals surface area contributed by atoms with Crippen molar-refractivity contribution in [3.8, 4) is 0 Å². The largest absolute Gasteiger partial charge is 0.324 e. The molecule has 1 aromatic heterocycles. The number of nitrogens with zero attached hydrogens (tertiary/aromatic N) is 2. The van der Waals surface area contributed by atoms with Crippen molar-refractivity contribution in [2.45, 2.75) is 13.0 Å². The van der Waals surface area contributed by atoms with E-state index in [0.717, 1.165) is 16.5 Å².